The van der Waals surface area contributed by atoms with E-state index in [1.54, 1.807) is 18.2 Å². The third-order valence-corrected chi connectivity index (χ3v) is 4.42. The van der Waals surface area contributed by atoms with Crippen LogP contribution in [0.15, 0.2) is 30.3 Å². The minimum atomic E-state index is -0.483. The minimum absolute atomic E-state index is 0.213. The maximum absolute atomic E-state index is 6.40. The number of hydrogen-bond donors (Lipinski definition) is 2. The molecule has 0 aliphatic rings. The van der Waals surface area contributed by atoms with Crippen molar-refractivity contribution in [1.82, 2.24) is 0 Å². The molecule has 0 amide bonds. The molecule has 0 saturated carbocycles. The molecule has 0 fully saturated rings. The number of nitrogens with two attached hydrogens (primary N) is 2. The molecule has 2 aromatic carbocycles. The van der Waals surface area contributed by atoms with Gasteiger partial charge in [0.1, 0.15) is 0 Å². The molecular weight excluding hydrogens is 326 g/mol. The zero-order valence-electron chi connectivity index (χ0n) is 9.63. The van der Waals surface area contributed by atoms with Gasteiger partial charge in [-0.25, -0.2) is 0 Å². The van der Waals surface area contributed by atoms with Crippen molar-refractivity contribution in [2.45, 2.75) is 5.38 Å². The van der Waals surface area contributed by atoms with E-state index in [1.807, 2.05) is 12.1 Å². The monoisotopic (exact) mass is 334 g/mol. The van der Waals surface area contributed by atoms with E-state index < -0.39 is 5.38 Å². The Morgan fingerprint density at radius 3 is 2.05 bits per heavy atom. The van der Waals surface area contributed by atoms with Gasteiger partial charge < -0.3 is 11.5 Å². The lowest BCUT2D eigenvalue weighted by Gasteiger charge is -2.15. The number of halogens is 4. The van der Waals surface area contributed by atoms with Crippen molar-refractivity contribution in [3.05, 3.63) is 56.5 Å². The molecule has 4 N–H and O–H groups in total. The largest absolute Gasteiger partial charge is 0.399 e. The third-order valence-electron chi connectivity index (χ3n) is 2.72. The number of benzene rings is 2. The fraction of sp³-hybridized carbons (Fsp3) is 0.0769. The van der Waals surface area contributed by atoms with Crippen molar-refractivity contribution in [1.29, 1.82) is 0 Å². The van der Waals surface area contributed by atoms with E-state index in [9.17, 15) is 0 Å². The fourth-order valence-corrected chi connectivity index (χ4v) is 2.77. The topological polar surface area (TPSA) is 52.0 Å². The maximum atomic E-state index is 6.40. The van der Waals surface area contributed by atoms with Gasteiger partial charge in [0, 0.05) is 5.69 Å². The Morgan fingerprint density at radius 1 is 0.895 bits per heavy atom. The average molecular weight is 336 g/mol. The van der Waals surface area contributed by atoms with Crippen LogP contribution in [0.1, 0.15) is 16.5 Å². The molecule has 0 aromatic heterocycles. The Hall–Kier alpha value is -0.800. The summed E-state index contributed by atoms with van der Waals surface area (Å²) in [5.41, 5.74) is 13.7. The smallest absolute Gasteiger partial charge is 0.0850 e. The van der Waals surface area contributed by atoms with Crippen LogP contribution >= 0.6 is 46.4 Å². The lowest BCUT2D eigenvalue weighted by atomic mass is 10.0. The third kappa shape index (κ3) is 2.87. The summed E-state index contributed by atoms with van der Waals surface area (Å²) < 4.78 is 0. The van der Waals surface area contributed by atoms with E-state index in [0.717, 1.165) is 5.56 Å². The molecule has 6 heteroatoms. The Labute approximate surface area is 131 Å². The molecule has 2 rings (SSSR count). The Balaban J connectivity index is 2.50. The van der Waals surface area contributed by atoms with Gasteiger partial charge in [0.25, 0.3) is 0 Å². The Bertz CT molecular complexity index is 611. The number of nitrogen functional groups attached to an aromatic ring is 2. The zero-order chi connectivity index (χ0) is 14.2. The predicted molar refractivity (Wildman–Crippen MR) is 84.4 cm³/mol. The summed E-state index contributed by atoms with van der Waals surface area (Å²) in [5, 5.41) is 0.361. The quantitative estimate of drug-likeness (QED) is 0.453. The van der Waals surface area contributed by atoms with Gasteiger partial charge in [-0.1, -0.05) is 46.9 Å². The highest BCUT2D eigenvalue weighted by Crippen LogP contribution is 2.42. The minimum Gasteiger partial charge on any atom is -0.399 e. The van der Waals surface area contributed by atoms with Crippen LogP contribution in [0, 0.1) is 0 Å². The lowest BCUT2D eigenvalue weighted by Crippen LogP contribution is -1.98. The number of alkyl halides is 1. The summed E-state index contributed by atoms with van der Waals surface area (Å²) in [4.78, 5) is 0. The summed E-state index contributed by atoms with van der Waals surface area (Å²) in [5.74, 6) is 0. The van der Waals surface area contributed by atoms with Crippen molar-refractivity contribution in [3.8, 4) is 0 Å². The van der Waals surface area contributed by atoms with E-state index in [2.05, 4.69) is 0 Å². The number of hydrogen-bond acceptors (Lipinski definition) is 2. The SMILES string of the molecule is Nc1ccc(C(Cl)c2cc(Cl)c(N)c(Cl)c2Cl)cc1. The van der Waals surface area contributed by atoms with E-state index in [4.69, 9.17) is 57.9 Å². The molecule has 0 heterocycles. The van der Waals surface area contributed by atoms with Crippen LogP contribution in [0.3, 0.4) is 0 Å². The molecule has 0 aliphatic heterocycles. The van der Waals surface area contributed by atoms with Crippen LogP contribution in [0.25, 0.3) is 0 Å². The second kappa shape index (κ2) is 5.68. The van der Waals surface area contributed by atoms with Gasteiger partial charge in [0.2, 0.25) is 0 Å². The molecule has 0 saturated heterocycles. The van der Waals surface area contributed by atoms with Crippen LogP contribution in [-0.2, 0) is 0 Å². The average Bonchev–Trinajstić information content (AvgIpc) is 2.40. The highest BCUT2D eigenvalue weighted by atomic mass is 35.5. The molecule has 2 aromatic rings. The van der Waals surface area contributed by atoms with Gasteiger partial charge in [-0.2, -0.15) is 0 Å². The molecule has 2 nitrogen and oxygen atoms in total. The van der Waals surface area contributed by atoms with Crippen molar-refractivity contribution in [3.63, 3.8) is 0 Å². The van der Waals surface area contributed by atoms with Gasteiger partial charge in [-0.05, 0) is 29.3 Å². The van der Waals surface area contributed by atoms with Crippen molar-refractivity contribution >= 4 is 57.8 Å². The molecule has 1 unspecified atom stereocenters. The first-order chi connectivity index (χ1) is 8.91. The first kappa shape index (κ1) is 14.6. The number of rotatable bonds is 2. The summed E-state index contributed by atoms with van der Waals surface area (Å²) in [7, 11) is 0. The van der Waals surface area contributed by atoms with E-state index in [1.165, 1.54) is 0 Å². The number of anilines is 2. The zero-order valence-corrected chi connectivity index (χ0v) is 12.7. The van der Waals surface area contributed by atoms with Gasteiger partial charge in [-0.3, -0.25) is 0 Å². The summed E-state index contributed by atoms with van der Waals surface area (Å²) in [6.07, 6.45) is 0. The van der Waals surface area contributed by atoms with Gasteiger partial charge >= 0.3 is 0 Å². The van der Waals surface area contributed by atoms with Crippen LogP contribution in [0.4, 0.5) is 11.4 Å². The molecule has 100 valence electrons. The summed E-state index contributed by atoms with van der Waals surface area (Å²) in [6.45, 7) is 0. The maximum Gasteiger partial charge on any atom is 0.0850 e. The van der Waals surface area contributed by atoms with E-state index in [-0.39, 0.29) is 10.7 Å². The van der Waals surface area contributed by atoms with Crippen LogP contribution in [-0.4, -0.2) is 0 Å². The second-order valence-electron chi connectivity index (χ2n) is 4.02. The van der Waals surface area contributed by atoms with Gasteiger partial charge in [-0.15, -0.1) is 11.6 Å². The molecule has 19 heavy (non-hydrogen) atoms. The molecule has 1 atom stereocenters. The van der Waals surface area contributed by atoms with E-state index in [0.29, 0.717) is 21.3 Å². The highest BCUT2D eigenvalue weighted by molar-refractivity contribution is 6.46. The lowest BCUT2D eigenvalue weighted by molar-refractivity contribution is 1.14. The standard InChI is InChI=1S/C13H10Cl4N2/c14-9-5-8(11(16)12(17)13(9)19)10(15)6-1-3-7(18)4-2-6/h1-5,10H,18-19H2. The van der Waals surface area contributed by atoms with Gasteiger partial charge in [0.15, 0.2) is 0 Å². The molecular formula is C13H10Cl4N2. The normalized spacial score (nSPS) is 12.4. The van der Waals surface area contributed by atoms with Crippen LogP contribution in [0.5, 0.6) is 0 Å². The summed E-state index contributed by atoms with van der Waals surface area (Å²) >= 11 is 24.6. The molecule has 0 bridgehead atoms. The predicted octanol–water partition coefficient (Wildman–Crippen LogP) is 5.14. The van der Waals surface area contributed by atoms with Crippen molar-refractivity contribution < 1.29 is 0 Å². The van der Waals surface area contributed by atoms with Crippen molar-refractivity contribution in [2.24, 2.45) is 0 Å². The fourth-order valence-electron chi connectivity index (χ4n) is 1.66. The molecule has 0 spiro atoms. The Morgan fingerprint density at radius 2 is 1.47 bits per heavy atom. The molecule has 0 radical (unpaired) electrons. The Kier molecular flexibility index (Phi) is 4.36. The first-order valence-corrected chi connectivity index (χ1v) is 6.91. The van der Waals surface area contributed by atoms with Gasteiger partial charge in [0.05, 0.1) is 26.1 Å². The van der Waals surface area contributed by atoms with Crippen LogP contribution in [0.2, 0.25) is 15.1 Å². The highest BCUT2D eigenvalue weighted by Gasteiger charge is 2.19. The van der Waals surface area contributed by atoms with E-state index >= 15 is 0 Å². The first-order valence-electron chi connectivity index (χ1n) is 5.34. The van der Waals surface area contributed by atoms with Crippen LogP contribution < -0.4 is 11.5 Å². The summed E-state index contributed by atoms with van der Waals surface area (Å²) in [6, 6.07) is 8.79. The molecule has 0 aliphatic carbocycles. The second-order valence-corrected chi connectivity index (χ2v) is 5.62. The van der Waals surface area contributed by atoms with Crippen molar-refractivity contribution in [2.75, 3.05) is 11.5 Å².